The molecule has 98 valence electrons. The van der Waals surface area contributed by atoms with Crippen molar-refractivity contribution in [3.63, 3.8) is 0 Å². The number of hydrogen-bond donors (Lipinski definition) is 2. The monoisotopic (exact) mass is 269 g/mol. The summed E-state index contributed by atoms with van der Waals surface area (Å²) in [5, 5.41) is 7.70. The topological polar surface area (TPSA) is 92.5 Å². The number of carbonyl (C=O) groups is 1. The van der Waals surface area contributed by atoms with Gasteiger partial charge in [0.1, 0.15) is 0 Å². The molecule has 0 saturated carbocycles. The Balaban J connectivity index is 2.04. The van der Waals surface area contributed by atoms with E-state index in [1.807, 2.05) is 0 Å². The van der Waals surface area contributed by atoms with E-state index in [9.17, 15) is 13.2 Å². The van der Waals surface area contributed by atoms with Gasteiger partial charge in [-0.25, -0.2) is 18.4 Å². The molecule has 0 radical (unpaired) electrons. The fraction of sp³-hybridized carbons (Fsp3) is 0.364. The summed E-state index contributed by atoms with van der Waals surface area (Å²) in [4.78, 5) is 13.5. The third kappa shape index (κ3) is 2.99. The van der Waals surface area contributed by atoms with Crippen molar-refractivity contribution in [1.82, 2.24) is 4.90 Å². The van der Waals surface area contributed by atoms with E-state index in [1.54, 1.807) is 4.90 Å². The van der Waals surface area contributed by atoms with Gasteiger partial charge in [-0.3, -0.25) is 0 Å². The number of hydrogen-bond acceptors (Lipinski definition) is 3. The van der Waals surface area contributed by atoms with Gasteiger partial charge in [0.2, 0.25) is 10.0 Å². The van der Waals surface area contributed by atoms with Crippen molar-refractivity contribution in [3.05, 3.63) is 24.3 Å². The Bertz CT molecular complexity index is 533. The van der Waals surface area contributed by atoms with Crippen LogP contribution < -0.4 is 10.5 Å². The molecule has 2 amide bonds. The molecule has 0 atom stereocenters. The van der Waals surface area contributed by atoms with Gasteiger partial charge in [0.25, 0.3) is 0 Å². The van der Waals surface area contributed by atoms with E-state index in [4.69, 9.17) is 5.14 Å². The lowest BCUT2D eigenvalue weighted by Crippen LogP contribution is -2.32. The van der Waals surface area contributed by atoms with Crippen molar-refractivity contribution in [2.45, 2.75) is 17.7 Å². The van der Waals surface area contributed by atoms with E-state index < -0.39 is 10.0 Å². The van der Waals surface area contributed by atoms with Crippen LogP contribution in [-0.2, 0) is 10.0 Å². The van der Waals surface area contributed by atoms with Crippen molar-refractivity contribution in [3.8, 4) is 0 Å². The zero-order valence-corrected chi connectivity index (χ0v) is 10.6. The Hall–Kier alpha value is -1.60. The molecule has 0 unspecified atom stereocenters. The zero-order chi connectivity index (χ0) is 13.2. The van der Waals surface area contributed by atoms with Gasteiger partial charge >= 0.3 is 6.03 Å². The number of amides is 2. The van der Waals surface area contributed by atoms with Crippen molar-refractivity contribution >= 4 is 21.7 Å². The summed E-state index contributed by atoms with van der Waals surface area (Å²) in [7, 11) is -3.69. The first-order valence-electron chi connectivity index (χ1n) is 5.65. The second-order valence-corrected chi connectivity index (χ2v) is 5.76. The number of benzene rings is 1. The quantitative estimate of drug-likeness (QED) is 0.837. The number of urea groups is 1. The van der Waals surface area contributed by atoms with E-state index >= 15 is 0 Å². The Morgan fingerprint density at radius 3 is 2.22 bits per heavy atom. The first-order chi connectivity index (χ1) is 8.47. The normalized spacial score (nSPS) is 15.7. The first-order valence-corrected chi connectivity index (χ1v) is 7.20. The number of anilines is 1. The highest BCUT2D eigenvalue weighted by Crippen LogP contribution is 2.15. The van der Waals surface area contributed by atoms with Gasteiger partial charge in [0, 0.05) is 18.8 Å². The molecule has 0 aromatic heterocycles. The highest BCUT2D eigenvalue weighted by molar-refractivity contribution is 7.89. The minimum Gasteiger partial charge on any atom is -0.325 e. The third-order valence-electron chi connectivity index (χ3n) is 2.83. The van der Waals surface area contributed by atoms with E-state index in [1.165, 1.54) is 24.3 Å². The minimum absolute atomic E-state index is 0.0293. The summed E-state index contributed by atoms with van der Waals surface area (Å²) in [6.45, 7) is 1.53. The molecule has 0 bridgehead atoms. The van der Waals surface area contributed by atoms with Gasteiger partial charge in [0.15, 0.2) is 0 Å². The summed E-state index contributed by atoms with van der Waals surface area (Å²) in [6, 6.07) is 5.63. The van der Waals surface area contributed by atoms with Crippen LogP contribution in [0.1, 0.15) is 12.8 Å². The lowest BCUT2D eigenvalue weighted by atomic mass is 10.3. The molecule has 1 aliphatic rings. The van der Waals surface area contributed by atoms with E-state index in [2.05, 4.69) is 5.32 Å². The number of sulfonamides is 1. The number of carbonyl (C=O) groups excluding carboxylic acids is 1. The van der Waals surface area contributed by atoms with Crippen LogP contribution in [0.4, 0.5) is 10.5 Å². The molecular formula is C11H15N3O3S. The fourth-order valence-corrected chi connectivity index (χ4v) is 2.37. The maximum atomic E-state index is 11.8. The average molecular weight is 269 g/mol. The molecule has 2 rings (SSSR count). The van der Waals surface area contributed by atoms with Gasteiger partial charge in [-0.1, -0.05) is 0 Å². The van der Waals surface area contributed by atoms with Crippen LogP contribution in [0.15, 0.2) is 29.2 Å². The molecule has 1 heterocycles. The van der Waals surface area contributed by atoms with Gasteiger partial charge in [0.05, 0.1) is 4.90 Å². The maximum absolute atomic E-state index is 11.8. The first kappa shape index (κ1) is 12.8. The predicted molar refractivity (Wildman–Crippen MR) is 67.6 cm³/mol. The van der Waals surface area contributed by atoms with E-state index in [0.717, 1.165) is 25.9 Å². The van der Waals surface area contributed by atoms with Gasteiger partial charge < -0.3 is 10.2 Å². The molecule has 1 aliphatic heterocycles. The van der Waals surface area contributed by atoms with Crippen molar-refractivity contribution < 1.29 is 13.2 Å². The lowest BCUT2D eigenvalue weighted by molar-refractivity contribution is 0.222. The second kappa shape index (κ2) is 4.95. The molecule has 18 heavy (non-hydrogen) atoms. The molecule has 1 saturated heterocycles. The number of primary sulfonamides is 1. The van der Waals surface area contributed by atoms with Crippen LogP contribution in [0, 0.1) is 0 Å². The van der Waals surface area contributed by atoms with E-state index in [-0.39, 0.29) is 10.9 Å². The van der Waals surface area contributed by atoms with Crippen molar-refractivity contribution in [1.29, 1.82) is 0 Å². The van der Waals surface area contributed by atoms with Crippen LogP contribution in [0.3, 0.4) is 0 Å². The minimum atomic E-state index is -3.69. The largest absolute Gasteiger partial charge is 0.325 e. The summed E-state index contributed by atoms with van der Waals surface area (Å²) >= 11 is 0. The maximum Gasteiger partial charge on any atom is 0.321 e. The third-order valence-corrected chi connectivity index (χ3v) is 3.76. The van der Waals surface area contributed by atoms with Crippen LogP contribution >= 0.6 is 0 Å². The Labute approximate surface area is 106 Å². The summed E-state index contributed by atoms with van der Waals surface area (Å²) < 4.78 is 22.1. The molecule has 0 aliphatic carbocycles. The molecule has 1 aromatic rings. The second-order valence-electron chi connectivity index (χ2n) is 4.19. The zero-order valence-electron chi connectivity index (χ0n) is 9.80. The summed E-state index contributed by atoms with van der Waals surface area (Å²) in [5.74, 6) is 0. The van der Waals surface area contributed by atoms with Crippen LogP contribution in [0.2, 0.25) is 0 Å². The highest BCUT2D eigenvalue weighted by atomic mass is 32.2. The van der Waals surface area contributed by atoms with Crippen molar-refractivity contribution in [2.24, 2.45) is 5.14 Å². The molecule has 0 spiro atoms. The van der Waals surface area contributed by atoms with Crippen LogP contribution in [0.5, 0.6) is 0 Å². The number of likely N-dealkylation sites (tertiary alicyclic amines) is 1. The Morgan fingerprint density at radius 1 is 1.17 bits per heavy atom. The molecule has 6 nitrogen and oxygen atoms in total. The molecule has 1 fully saturated rings. The average Bonchev–Trinajstić information content (AvgIpc) is 2.82. The highest BCUT2D eigenvalue weighted by Gasteiger charge is 2.17. The smallest absolute Gasteiger partial charge is 0.321 e. The summed E-state index contributed by atoms with van der Waals surface area (Å²) in [5.41, 5.74) is 0.555. The van der Waals surface area contributed by atoms with Crippen LogP contribution in [0.25, 0.3) is 0 Å². The standard InChI is InChI=1S/C11H15N3O3S/c12-18(16,17)10-5-3-9(4-6-10)13-11(15)14-7-1-2-8-14/h3-6H,1-2,7-8H2,(H,13,15)(H2,12,16,17). The van der Waals surface area contributed by atoms with Gasteiger partial charge in [-0.2, -0.15) is 0 Å². The summed E-state index contributed by atoms with van der Waals surface area (Å²) in [6.07, 6.45) is 2.05. The lowest BCUT2D eigenvalue weighted by Gasteiger charge is -2.16. The molecular weight excluding hydrogens is 254 g/mol. The number of nitrogens with two attached hydrogens (primary N) is 1. The fourth-order valence-electron chi connectivity index (χ4n) is 1.85. The van der Waals surface area contributed by atoms with Gasteiger partial charge in [-0.15, -0.1) is 0 Å². The molecule has 7 heteroatoms. The number of rotatable bonds is 2. The Morgan fingerprint density at radius 2 is 1.72 bits per heavy atom. The number of nitrogens with zero attached hydrogens (tertiary/aromatic N) is 1. The van der Waals surface area contributed by atoms with Crippen molar-refractivity contribution in [2.75, 3.05) is 18.4 Å². The van der Waals surface area contributed by atoms with E-state index in [0.29, 0.717) is 5.69 Å². The number of nitrogens with one attached hydrogen (secondary N) is 1. The predicted octanol–water partition coefficient (Wildman–Crippen LogP) is 0.962. The SMILES string of the molecule is NS(=O)(=O)c1ccc(NC(=O)N2CCCC2)cc1. The Kier molecular flexibility index (Phi) is 3.53. The van der Waals surface area contributed by atoms with Gasteiger partial charge in [-0.05, 0) is 37.1 Å². The molecule has 1 aromatic carbocycles. The van der Waals surface area contributed by atoms with Crippen LogP contribution in [-0.4, -0.2) is 32.4 Å². The molecule has 3 N–H and O–H groups in total.